The summed E-state index contributed by atoms with van der Waals surface area (Å²) >= 11 is 11.4. The highest BCUT2D eigenvalue weighted by Gasteiger charge is 2.30. The van der Waals surface area contributed by atoms with Crippen LogP contribution in [0.2, 0.25) is 0 Å². The predicted octanol–water partition coefficient (Wildman–Crippen LogP) is 19.2. The summed E-state index contributed by atoms with van der Waals surface area (Å²) in [7, 11) is 0. The highest BCUT2D eigenvalue weighted by Crippen LogP contribution is 2.56. The quantitative estimate of drug-likeness (QED) is 0.0597. The van der Waals surface area contributed by atoms with Crippen LogP contribution in [0.15, 0.2) is 47.8 Å². The number of fused-ring (bicyclic) bond motifs is 3. The first-order valence-corrected chi connectivity index (χ1v) is 27.2. The van der Waals surface area contributed by atoms with Gasteiger partial charge < -0.3 is 4.74 Å². The van der Waals surface area contributed by atoms with Gasteiger partial charge in [-0.05, 0) is 71.4 Å². The van der Waals surface area contributed by atoms with Crippen LogP contribution in [0.3, 0.4) is 0 Å². The van der Waals surface area contributed by atoms with Crippen LogP contribution in [0.1, 0.15) is 164 Å². The van der Waals surface area contributed by atoms with E-state index in [0.29, 0.717) is 6.61 Å². The molecular weight excluding hydrogens is 837 g/mol. The molecule has 1 atom stereocenters. The fraction of sp³-hybridized carbons (Fsp3) is 0.510. The molecule has 0 amide bonds. The number of rotatable bonds is 19. The number of hydrogen-bond donors (Lipinski definition) is 0. The molecule has 6 aromatic heterocycles. The van der Waals surface area contributed by atoms with Crippen molar-refractivity contribution in [1.82, 2.24) is 0 Å². The summed E-state index contributed by atoms with van der Waals surface area (Å²) in [4.78, 5) is 23.9. The molecule has 0 fully saturated rings. The van der Waals surface area contributed by atoms with E-state index in [9.17, 15) is 4.79 Å². The van der Waals surface area contributed by atoms with Crippen LogP contribution in [-0.2, 0) is 22.0 Å². The van der Waals surface area contributed by atoms with E-state index < -0.39 is 0 Å². The van der Waals surface area contributed by atoms with Crippen LogP contribution in [0, 0.1) is 5.92 Å². The number of hydrogen-bond acceptors (Lipinski definition) is 8. The minimum Gasteiger partial charge on any atom is -0.462 e. The van der Waals surface area contributed by atoms with E-state index in [2.05, 4.69) is 110 Å². The second-order valence-corrected chi connectivity index (χ2v) is 24.8. The number of thiophene rings is 6. The zero-order chi connectivity index (χ0) is 41.9. The van der Waals surface area contributed by atoms with E-state index in [1.165, 1.54) is 146 Å². The van der Waals surface area contributed by atoms with E-state index in [-0.39, 0.29) is 16.8 Å². The maximum atomic E-state index is 13.6. The molecule has 8 heteroatoms. The standard InChI is InChI=1S/C51H64O2S6/c1-10-13-15-16-17-18-19-20-26-53-49(52)40-30-36-46(57-40)47(59-48(36)51(7,8)9)39-29-34-42(37-23-21-27-54-37)45-35(31-41(58-45)50(4,5)6)43(44(34)56-39)38-25-24-33(55-38)28-32(12-3)22-14-11-2/h21,23-25,27,29-32H,10-20,22,26,28H2,1-9H3. The predicted molar refractivity (Wildman–Crippen MR) is 270 cm³/mol. The molecule has 0 N–H and O–H groups in total. The Balaban J connectivity index is 1.32. The average Bonchev–Trinajstić information content (AvgIpc) is 4.04. The molecule has 0 bridgehead atoms. The first-order valence-electron chi connectivity index (χ1n) is 22.2. The second-order valence-electron chi connectivity index (χ2n) is 18.5. The van der Waals surface area contributed by atoms with Crippen molar-refractivity contribution in [2.24, 2.45) is 5.92 Å². The molecule has 59 heavy (non-hydrogen) atoms. The van der Waals surface area contributed by atoms with Crippen molar-refractivity contribution < 1.29 is 9.53 Å². The molecule has 0 saturated heterocycles. The van der Waals surface area contributed by atoms with Gasteiger partial charge >= 0.3 is 5.97 Å². The number of carbonyl (C=O) groups excluding carboxylic acids is 1. The molecule has 7 rings (SSSR count). The minimum absolute atomic E-state index is 0.0539. The van der Waals surface area contributed by atoms with E-state index in [0.717, 1.165) is 23.6 Å². The van der Waals surface area contributed by atoms with Gasteiger partial charge in [-0.3, -0.25) is 0 Å². The van der Waals surface area contributed by atoms with Gasteiger partial charge in [0.05, 0.1) is 16.2 Å². The van der Waals surface area contributed by atoms with Crippen LogP contribution in [0.5, 0.6) is 0 Å². The molecule has 316 valence electrons. The topological polar surface area (TPSA) is 26.3 Å². The summed E-state index contributed by atoms with van der Waals surface area (Å²) in [5.41, 5.74) is 2.77. The van der Waals surface area contributed by atoms with Crippen LogP contribution < -0.4 is 0 Å². The Kier molecular flexibility index (Phi) is 14.7. The Morgan fingerprint density at radius 1 is 0.644 bits per heavy atom. The van der Waals surface area contributed by atoms with Crippen molar-refractivity contribution in [1.29, 1.82) is 0 Å². The Morgan fingerprint density at radius 2 is 1.34 bits per heavy atom. The average molecular weight is 901 g/mol. The summed E-state index contributed by atoms with van der Waals surface area (Å²) in [5, 5.41) is 6.17. The van der Waals surface area contributed by atoms with Crippen LogP contribution in [0.25, 0.3) is 60.9 Å². The Hall–Kier alpha value is -2.33. The summed E-state index contributed by atoms with van der Waals surface area (Å²) in [6.45, 7) is 21.4. The summed E-state index contributed by atoms with van der Waals surface area (Å²) in [5.74, 6) is 0.563. The first-order chi connectivity index (χ1) is 28.3. The van der Waals surface area contributed by atoms with Crippen molar-refractivity contribution in [2.75, 3.05) is 6.61 Å². The molecule has 2 nitrogen and oxygen atoms in total. The summed E-state index contributed by atoms with van der Waals surface area (Å²) in [6.07, 6.45) is 16.1. The van der Waals surface area contributed by atoms with Crippen LogP contribution >= 0.6 is 68.0 Å². The largest absolute Gasteiger partial charge is 0.462 e. The third-order valence-corrected chi connectivity index (χ3v) is 19.4. The van der Waals surface area contributed by atoms with Crippen molar-refractivity contribution in [3.8, 4) is 30.6 Å². The van der Waals surface area contributed by atoms with Crippen LogP contribution in [0.4, 0.5) is 0 Å². The fourth-order valence-electron chi connectivity index (χ4n) is 8.23. The lowest BCUT2D eigenvalue weighted by Gasteiger charge is -2.16. The van der Waals surface area contributed by atoms with Gasteiger partial charge in [-0.15, -0.1) is 68.0 Å². The van der Waals surface area contributed by atoms with Crippen molar-refractivity contribution >= 4 is 104 Å². The molecule has 0 aliphatic rings. The smallest absolute Gasteiger partial charge is 0.348 e. The third-order valence-electron chi connectivity index (χ3n) is 11.6. The van der Waals surface area contributed by atoms with E-state index in [1.807, 2.05) is 56.7 Å². The number of ether oxygens (including phenoxy) is 1. The lowest BCUT2D eigenvalue weighted by Crippen LogP contribution is -2.08. The summed E-state index contributed by atoms with van der Waals surface area (Å²) < 4.78 is 9.91. The van der Waals surface area contributed by atoms with E-state index in [1.54, 1.807) is 11.3 Å². The number of esters is 1. The first kappa shape index (κ1) is 44.7. The van der Waals surface area contributed by atoms with Crippen molar-refractivity contribution in [3.05, 3.63) is 67.4 Å². The number of carbonyl (C=O) groups is 1. The maximum Gasteiger partial charge on any atom is 0.348 e. The molecule has 1 aromatic carbocycles. The van der Waals surface area contributed by atoms with Gasteiger partial charge in [-0.25, -0.2) is 4.79 Å². The van der Waals surface area contributed by atoms with Gasteiger partial charge in [-0.2, -0.15) is 0 Å². The van der Waals surface area contributed by atoms with Crippen LogP contribution in [-0.4, -0.2) is 12.6 Å². The Morgan fingerprint density at radius 3 is 2.02 bits per heavy atom. The lowest BCUT2D eigenvalue weighted by molar-refractivity contribution is 0.0503. The molecule has 6 heterocycles. The minimum atomic E-state index is -0.174. The molecule has 0 aliphatic heterocycles. The van der Waals surface area contributed by atoms with Gasteiger partial charge in [0.2, 0.25) is 0 Å². The molecule has 0 spiro atoms. The van der Waals surface area contributed by atoms with Crippen molar-refractivity contribution in [3.63, 3.8) is 0 Å². The number of unbranched alkanes of at least 4 members (excludes halogenated alkanes) is 8. The highest BCUT2D eigenvalue weighted by molar-refractivity contribution is 7.32. The van der Waals surface area contributed by atoms with E-state index in [4.69, 9.17) is 4.74 Å². The highest BCUT2D eigenvalue weighted by atomic mass is 32.1. The van der Waals surface area contributed by atoms with Gasteiger partial charge in [0.25, 0.3) is 0 Å². The zero-order valence-electron chi connectivity index (χ0n) is 36.9. The molecule has 0 aliphatic carbocycles. The van der Waals surface area contributed by atoms with Gasteiger partial charge in [0.1, 0.15) is 4.88 Å². The SMILES string of the molecule is CCCCCCCCCCOC(=O)c1cc2c(C(C)(C)C)sc(-c3cc4c(-c5cccs5)c5sc(C(C)(C)C)cc5c(-c5ccc(CC(CC)CCCC)s5)c4s3)c2s1. The van der Waals surface area contributed by atoms with Gasteiger partial charge in [0.15, 0.2) is 0 Å². The monoisotopic (exact) mass is 900 g/mol. The Labute approximate surface area is 378 Å². The third kappa shape index (κ3) is 9.99. The lowest BCUT2D eigenvalue weighted by atomic mass is 9.92. The fourth-order valence-corrected chi connectivity index (χ4v) is 15.6. The zero-order valence-corrected chi connectivity index (χ0v) is 41.8. The molecule has 0 saturated carbocycles. The molecular formula is C51H64O2S6. The molecule has 1 unspecified atom stereocenters. The normalized spacial score (nSPS) is 13.1. The number of benzene rings is 1. The van der Waals surface area contributed by atoms with Gasteiger partial charge in [0, 0.05) is 65.9 Å². The second kappa shape index (κ2) is 19.4. The Bertz CT molecular complexity index is 2460. The van der Waals surface area contributed by atoms with Crippen molar-refractivity contribution in [2.45, 2.75) is 157 Å². The van der Waals surface area contributed by atoms with Gasteiger partial charge in [-0.1, -0.05) is 139 Å². The summed E-state index contributed by atoms with van der Waals surface area (Å²) in [6, 6.07) is 16.5. The van der Waals surface area contributed by atoms with E-state index >= 15 is 0 Å². The maximum absolute atomic E-state index is 13.6. The molecule has 0 radical (unpaired) electrons. The molecule has 7 aromatic rings.